The molecule has 4 heterocycles. The fraction of sp³-hybridized carbons (Fsp3) is 0.238. The average molecular weight is 909 g/mol. The summed E-state index contributed by atoms with van der Waals surface area (Å²) in [4.78, 5) is 30.3. The van der Waals surface area contributed by atoms with Crippen molar-refractivity contribution in [3.05, 3.63) is 107 Å². The highest BCUT2D eigenvalue weighted by Gasteiger charge is 2.22. The molecule has 0 atom stereocenters. The van der Waals surface area contributed by atoms with E-state index in [9.17, 15) is 25.9 Å². The third-order valence-corrected chi connectivity index (χ3v) is 11.8. The Kier molecular flexibility index (Phi) is 12.9. The number of hydrogen-bond donors (Lipinski definition) is 6. The topological polar surface area (TPSA) is 259 Å². The molecule has 22 heteroatoms. The zero-order valence-electron chi connectivity index (χ0n) is 34.6. The molecule has 0 aliphatic carbocycles. The molecular formula is C42H44N12O8S2. The molecule has 2 aromatic heterocycles. The summed E-state index contributed by atoms with van der Waals surface area (Å²) >= 11 is 0. The summed E-state index contributed by atoms with van der Waals surface area (Å²) in [7, 11) is -9.68. The average Bonchev–Trinajstić information content (AvgIpc) is 3.27. The van der Waals surface area contributed by atoms with E-state index in [1.165, 1.54) is 48.6 Å². The summed E-state index contributed by atoms with van der Waals surface area (Å²) in [5.41, 5.74) is 4.09. The van der Waals surface area contributed by atoms with Crippen molar-refractivity contribution in [3.63, 3.8) is 0 Å². The van der Waals surface area contributed by atoms with Crippen LogP contribution in [0.2, 0.25) is 0 Å². The Morgan fingerprint density at radius 3 is 1.12 bits per heavy atom. The van der Waals surface area contributed by atoms with Crippen molar-refractivity contribution in [1.29, 1.82) is 0 Å². The van der Waals surface area contributed by atoms with E-state index in [4.69, 9.17) is 9.47 Å². The SMILES string of the molecule is Cc1ccc(Nc2nc(Nc3ccc(/C=C/c4ccc(Nc5nc(Nc6ccc(C)cc6)nc(N6CCOCC6)n5)cc4S(=O)(=O)O)c(S(=O)(=O)O)c3)nc(N3CCOCC3)n2)cc1. The van der Waals surface area contributed by atoms with Gasteiger partial charge in [-0.2, -0.15) is 46.7 Å². The van der Waals surface area contributed by atoms with Crippen LogP contribution in [0.5, 0.6) is 0 Å². The van der Waals surface area contributed by atoms with E-state index in [-0.39, 0.29) is 46.3 Å². The molecular weight excluding hydrogens is 865 g/mol. The van der Waals surface area contributed by atoms with Crippen molar-refractivity contribution in [1.82, 2.24) is 29.9 Å². The van der Waals surface area contributed by atoms with Crippen molar-refractivity contribution < 1.29 is 35.4 Å². The van der Waals surface area contributed by atoms with Gasteiger partial charge in [0.25, 0.3) is 20.2 Å². The normalized spacial score (nSPS) is 14.7. The maximum Gasteiger partial charge on any atom is 0.295 e. The first-order valence-corrected chi connectivity index (χ1v) is 22.9. The summed E-state index contributed by atoms with van der Waals surface area (Å²) in [6, 6.07) is 23.6. The molecule has 8 rings (SSSR count). The van der Waals surface area contributed by atoms with E-state index in [1.54, 1.807) is 0 Å². The minimum atomic E-state index is -4.84. The zero-order chi connectivity index (χ0) is 44.8. The molecule has 64 heavy (non-hydrogen) atoms. The monoisotopic (exact) mass is 908 g/mol. The lowest BCUT2D eigenvalue weighted by Crippen LogP contribution is -2.37. The fourth-order valence-electron chi connectivity index (χ4n) is 6.68. The molecule has 0 unspecified atom stereocenters. The Hall–Kier alpha value is -6.82. The van der Waals surface area contributed by atoms with Crippen LogP contribution in [0.15, 0.2) is 94.7 Å². The highest BCUT2D eigenvalue weighted by atomic mass is 32.2. The molecule has 2 aliphatic rings. The maximum absolute atomic E-state index is 12.8. The number of morpholine rings is 2. The van der Waals surface area contributed by atoms with Crippen LogP contribution in [0.25, 0.3) is 12.2 Å². The van der Waals surface area contributed by atoms with Crippen LogP contribution in [0.4, 0.5) is 58.4 Å². The third kappa shape index (κ3) is 11.2. The maximum atomic E-state index is 12.8. The van der Waals surface area contributed by atoms with Crippen molar-refractivity contribution >= 4 is 90.8 Å². The predicted octanol–water partition coefficient (Wildman–Crippen LogP) is 5.98. The second kappa shape index (κ2) is 18.9. The number of aryl methyl sites for hydroxylation is 2. The van der Waals surface area contributed by atoms with E-state index < -0.39 is 30.0 Å². The van der Waals surface area contributed by atoms with Gasteiger partial charge in [-0.25, -0.2) is 0 Å². The first kappa shape index (κ1) is 43.8. The molecule has 4 aromatic carbocycles. The lowest BCUT2D eigenvalue weighted by molar-refractivity contribution is 0.122. The lowest BCUT2D eigenvalue weighted by Gasteiger charge is -2.27. The van der Waals surface area contributed by atoms with Crippen molar-refractivity contribution in [2.24, 2.45) is 0 Å². The van der Waals surface area contributed by atoms with Gasteiger partial charge in [-0.3, -0.25) is 9.11 Å². The van der Waals surface area contributed by atoms with Gasteiger partial charge in [0.1, 0.15) is 9.79 Å². The molecule has 6 aromatic rings. The van der Waals surface area contributed by atoms with E-state index >= 15 is 0 Å². The number of benzene rings is 4. The first-order valence-electron chi connectivity index (χ1n) is 20.0. The summed E-state index contributed by atoms with van der Waals surface area (Å²) in [5.74, 6) is 1.39. The quantitative estimate of drug-likeness (QED) is 0.0542. The van der Waals surface area contributed by atoms with Gasteiger partial charge in [-0.15, -0.1) is 0 Å². The number of aromatic nitrogens is 6. The molecule has 0 saturated carbocycles. The summed E-state index contributed by atoms with van der Waals surface area (Å²) in [6.45, 7) is 8.07. The Morgan fingerprint density at radius 2 is 0.797 bits per heavy atom. The number of anilines is 10. The van der Waals surface area contributed by atoms with Crippen LogP contribution in [-0.2, 0) is 29.7 Å². The lowest BCUT2D eigenvalue weighted by atomic mass is 10.1. The Labute approximate surface area is 369 Å². The zero-order valence-corrected chi connectivity index (χ0v) is 36.3. The minimum absolute atomic E-state index is 0.0114. The third-order valence-electron chi connectivity index (χ3n) is 9.99. The number of rotatable bonds is 14. The standard InChI is InChI=1S/C42H44N12O8S2/c1-27-3-11-31(12-4-27)43-37-47-39(51-41(49-37)53-17-21-61-22-18-53)45-33-15-9-29(35(25-33)63(55,56)57)7-8-30-10-16-34(26-36(30)64(58,59)60)46-40-48-38(44-32-13-5-28(2)6-14-32)50-42(52-40)54-19-23-62-24-20-54/h3-16,25-26H,17-24H2,1-2H3,(H,55,56,57)(H,58,59,60)(H2,43,45,47,49,51)(H2,44,46,48,50,52)/b8-7+. The Morgan fingerprint density at radius 1 is 0.484 bits per heavy atom. The van der Waals surface area contributed by atoms with E-state index in [0.717, 1.165) is 22.5 Å². The van der Waals surface area contributed by atoms with Crippen LogP contribution in [-0.4, -0.2) is 108 Å². The van der Waals surface area contributed by atoms with Gasteiger partial charge >= 0.3 is 0 Å². The highest BCUT2D eigenvalue weighted by Crippen LogP contribution is 2.30. The van der Waals surface area contributed by atoms with Gasteiger partial charge in [0.05, 0.1) is 26.4 Å². The smallest absolute Gasteiger partial charge is 0.295 e. The molecule has 0 radical (unpaired) electrons. The second-order valence-electron chi connectivity index (χ2n) is 14.8. The molecule has 2 saturated heterocycles. The fourth-order valence-corrected chi connectivity index (χ4v) is 8.10. The highest BCUT2D eigenvalue weighted by molar-refractivity contribution is 7.86. The van der Waals surface area contributed by atoms with Gasteiger partial charge in [-0.05, 0) is 73.5 Å². The summed E-state index contributed by atoms with van der Waals surface area (Å²) < 4.78 is 82.8. The molecule has 0 bridgehead atoms. The molecule has 0 spiro atoms. The summed E-state index contributed by atoms with van der Waals surface area (Å²) in [6.07, 6.45) is 2.60. The van der Waals surface area contributed by atoms with E-state index in [2.05, 4.69) is 51.2 Å². The van der Waals surface area contributed by atoms with E-state index in [0.29, 0.717) is 64.5 Å². The Bertz CT molecular complexity index is 2700. The largest absolute Gasteiger partial charge is 0.378 e. The van der Waals surface area contributed by atoms with E-state index in [1.807, 2.05) is 72.2 Å². The second-order valence-corrected chi connectivity index (χ2v) is 17.6. The van der Waals surface area contributed by atoms with Crippen molar-refractivity contribution in [2.75, 3.05) is 83.7 Å². The molecule has 2 aliphatic heterocycles. The van der Waals surface area contributed by atoms with Crippen molar-refractivity contribution in [2.45, 2.75) is 23.6 Å². The molecule has 332 valence electrons. The first-order chi connectivity index (χ1) is 30.7. The van der Waals surface area contributed by atoms with Crippen LogP contribution < -0.4 is 31.1 Å². The van der Waals surface area contributed by atoms with Crippen LogP contribution in [0.1, 0.15) is 22.3 Å². The van der Waals surface area contributed by atoms with Crippen LogP contribution in [0.3, 0.4) is 0 Å². The van der Waals surface area contributed by atoms with Gasteiger partial charge in [-0.1, -0.05) is 59.7 Å². The van der Waals surface area contributed by atoms with Crippen LogP contribution >= 0.6 is 0 Å². The molecule has 0 amide bonds. The van der Waals surface area contributed by atoms with Gasteiger partial charge < -0.3 is 40.5 Å². The molecule has 20 nitrogen and oxygen atoms in total. The molecule has 2 fully saturated rings. The number of nitrogens with one attached hydrogen (secondary N) is 4. The van der Waals surface area contributed by atoms with Gasteiger partial charge in [0.2, 0.25) is 35.7 Å². The number of nitrogens with zero attached hydrogens (tertiary/aromatic N) is 8. The van der Waals surface area contributed by atoms with Gasteiger partial charge in [0, 0.05) is 48.9 Å². The summed E-state index contributed by atoms with van der Waals surface area (Å²) in [5, 5.41) is 12.4. The molecule has 6 N–H and O–H groups in total. The van der Waals surface area contributed by atoms with Crippen LogP contribution in [0, 0.1) is 13.8 Å². The number of hydrogen-bond acceptors (Lipinski definition) is 18. The van der Waals surface area contributed by atoms with Crippen molar-refractivity contribution in [3.8, 4) is 0 Å². The number of ether oxygens (including phenoxy) is 2. The van der Waals surface area contributed by atoms with Gasteiger partial charge in [0.15, 0.2) is 0 Å². The minimum Gasteiger partial charge on any atom is -0.378 e. The predicted molar refractivity (Wildman–Crippen MR) is 243 cm³/mol. The Balaban J connectivity index is 1.06.